The van der Waals surface area contributed by atoms with Crippen LogP contribution in [0.5, 0.6) is 11.5 Å². The Bertz CT molecular complexity index is 1570. The summed E-state index contributed by atoms with van der Waals surface area (Å²) in [7, 11) is 0. The zero-order valence-electron chi connectivity index (χ0n) is 26.2. The molecule has 0 aliphatic carbocycles. The van der Waals surface area contributed by atoms with Crippen LogP contribution in [-0.2, 0) is 17.8 Å². The smallest absolute Gasteiger partial charge is 0.231 e. The largest absolute Gasteiger partial charge is 0.454 e. The van der Waals surface area contributed by atoms with E-state index in [0.29, 0.717) is 31.8 Å². The molecule has 2 aliphatic heterocycles. The van der Waals surface area contributed by atoms with E-state index >= 15 is 0 Å². The van der Waals surface area contributed by atoms with E-state index in [4.69, 9.17) is 9.47 Å². The number of nitrogens with zero attached hydrogens (tertiary/aromatic N) is 6. The lowest BCUT2D eigenvalue weighted by atomic mass is 10.1. The maximum atomic E-state index is 12.9. The summed E-state index contributed by atoms with van der Waals surface area (Å²) < 4.78 is 13.0. The molecule has 0 unspecified atom stereocenters. The summed E-state index contributed by atoms with van der Waals surface area (Å²) >= 11 is 0. The summed E-state index contributed by atoms with van der Waals surface area (Å²) in [5, 5.41) is 13.4. The number of fused-ring (bicyclic) bond motifs is 2. The Hall–Kier alpha value is -4.15. The van der Waals surface area contributed by atoms with Gasteiger partial charge in [0, 0.05) is 69.5 Å². The van der Waals surface area contributed by atoms with Crippen molar-refractivity contribution in [2.24, 2.45) is 0 Å². The number of anilines is 1. The average molecular weight is 598 g/mol. The lowest BCUT2D eigenvalue weighted by Crippen LogP contribution is -2.46. The number of hydrogen-bond acceptors (Lipinski definition) is 8. The molecule has 1 saturated heterocycles. The zero-order valence-corrected chi connectivity index (χ0v) is 26.2. The molecule has 1 amide bonds. The topological polar surface area (TPSA) is 88.0 Å². The second-order valence-electron chi connectivity index (χ2n) is 12.2. The molecule has 0 saturated carbocycles. The van der Waals surface area contributed by atoms with Crippen molar-refractivity contribution in [1.82, 2.24) is 29.9 Å². The second kappa shape index (κ2) is 13.2. The third-order valence-electron chi connectivity index (χ3n) is 8.59. The van der Waals surface area contributed by atoms with Crippen LogP contribution in [0.25, 0.3) is 16.7 Å². The van der Waals surface area contributed by atoms with Gasteiger partial charge in [0.15, 0.2) is 23.1 Å². The molecule has 10 heteroatoms. The molecule has 0 bridgehead atoms. The molecule has 2 aromatic heterocycles. The minimum absolute atomic E-state index is 0.0273. The van der Waals surface area contributed by atoms with Gasteiger partial charge in [-0.1, -0.05) is 24.3 Å². The first-order chi connectivity index (χ1) is 21.4. The SMILES string of the molecule is CC(C)N(CCNC(=O)Cc1cn(-c2ccc(N3CCN(Cc4ccc5c(c4)OCO5)CC3)nn2)c2ccccc12)C(C)C. The summed E-state index contributed by atoms with van der Waals surface area (Å²) in [5.74, 6) is 3.30. The van der Waals surface area contributed by atoms with E-state index < -0.39 is 0 Å². The van der Waals surface area contributed by atoms with E-state index in [-0.39, 0.29) is 5.91 Å². The van der Waals surface area contributed by atoms with E-state index in [0.717, 1.165) is 78.9 Å². The summed E-state index contributed by atoms with van der Waals surface area (Å²) in [6.07, 6.45) is 2.34. The molecule has 44 heavy (non-hydrogen) atoms. The van der Waals surface area contributed by atoms with Crippen molar-refractivity contribution in [1.29, 1.82) is 0 Å². The van der Waals surface area contributed by atoms with Crippen LogP contribution in [0.2, 0.25) is 0 Å². The van der Waals surface area contributed by atoms with E-state index in [1.54, 1.807) is 0 Å². The molecule has 0 spiro atoms. The molecule has 4 aromatic rings. The summed E-state index contributed by atoms with van der Waals surface area (Å²) in [5.41, 5.74) is 3.22. The molecule has 232 valence electrons. The van der Waals surface area contributed by atoms with Crippen LogP contribution in [0.15, 0.2) is 60.8 Å². The minimum atomic E-state index is 0.0273. The number of rotatable bonds is 11. The van der Waals surface area contributed by atoms with Gasteiger partial charge in [-0.15, -0.1) is 10.2 Å². The number of carbonyl (C=O) groups excluding carboxylic acids is 1. The maximum Gasteiger partial charge on any atom is 0.231 e. The first kappa shape index (κ1) is 29.9. The molecule has 6 rings (SSSR count). The number of piperazine rings is 1. The molecule has 4 heterocycles. The number of amides is 1. The first-order valence-electron chi connectivity index (χ1n) is 15.7. The zero-order chi connectivity index (χ0) is 30.6. The molecule has 1 fully saturated rings. The molecule has 0 atom stereocenters. The van der Waals surface area contributed by atoms with Crippen molar-refractivity contribution in [2.45, 2.75) is 52.7 Å². The van der Waals surface area contributed by atoms with Crippen molar-refractivity contribution in [3.05, 3.63) is 71.9 Å². The van der Waals surface area contributed by atoms with Crippen molar-refractivity contribution in [2.75, 3.05) is 51.0 Å². The van der Waals surface area contributed by atoms with Crippen molar-refractivity contribution < 1.29 is 14.3 Å². The van der Waals surface area contributed by atoms with Gasteiger partial charge >= 0.3 is 0 Å². The predicted molar refractivity (Wildman–Crippen MR) is 173 cm³/mol. The molecular weight excluding hydrogens is 554 g/mol. The number of ether oxygens (including phenoxy) is 2. The highest BCUT2D eigenvalue weighted by Crippen LogP contribution is 2.33. The average Bonchev–Trinajstić information content (AvgIpc) is 3.64. The van der Waals surface area contributed by atoms with Gasteiger partial charge in [-0.2, -0.15) is 0 Å². The highest BCUT2D eigenvalue weighted by molar-refractivity contribution is 5.90. The molecule has 2 aromatic carbocycles. The number of aromatic nitrogens is 3. The standard InChI is InChI=1S/C34H43N7O3/c1-24(2)40(25(3)4)14-13-35-34(42)20-27-22-41(29-8-6-5-7-28(27)29)33-12-11-32(36-37-33)39-17-15-38(16-18-39)21-26-9-10-30-31(19-26)44-23-43-30/h5-12,19,22,24-25H,13-18,20-21,23H2,1-4H3,(H,35,42). The summed E-state index contributed by atoms with van der Waals surface area (Å²) in [6, 6.07) is 19.3. The summed E-state index contributed by atoms with van der Waals surface area (Å²) in [6.45, 7) is 15.1. The Balaban J connectivity index is 1.07. The Kier molecular flexibility index (Phi) is 8.99. The Morgan fingerprint density at radius 2 is 1.64 bits per heavy atom. The lowest BCUT2D eigenvalue weighted by molar-refractivity contribution is -0.120. The van der Waals surface area contributed by atoms with Crippen molar-refractivity contribution in [3.8, 4) is 17.3 Å². The molecule has 2 aliphatic rings. The van der Waals surface area contributed by atoms with Crippen LogP contribution < -0.4 is 19.7 Å². The van der Waals surface area contributed by atoms with Crippen LogP contribution in [-0.4, -0.2) is 88.6 Å². The van der Waals surface area contributed by atoms with Crippen LogP contribution in [0.1, 0.15) is 38.8 Å². The van der Waals surface area contributed by atoms with Gasteiger partial charge in [-0.05, 0) is 69.2 Å². The first-order valence-corrected chi connectivity index (χ1v) is 15.7. The quantitative estimate of drug-likeness (QED) is 0.275. The second-order valence-corrected chi connectivity index (χ2v) is 12.2. The maximum absolute atomic E-state index is 12.9. The van der Waals surface area contributed by atoms with E-state index in [9.17, 15) is 4.79 Å². The number of hydrogen-bond donors (Lipinski definition) is 1. The third kappa shape index (κ3) is 6.66. The monoisotopic (exact) mass is 597 g/mol. The van der Waals surface area contributed by atoms with Crippen molar-refractivity contribution in [3.63, 3.8) is 0 Å². The van der Waals surface area contributed by atoms with Gasteiger partial charge in [0.1, 0.15) is 0 Å². The number of benzene rings is 2. The Morgan fingerprint density at radius 1 is 0.909 bits per heavy atom. The molecule has 0 radical (unpaired) electrons. The van der Waals surface area contributed by atoms with Gasteiger partial charge < -0.3 is 19.7 Å². The number of nitrogens with one attached hydrogen (secondary N) is 1. The van der Waals surface area contributed by atoms with Crippen LogP contribution in [0.3, 0.4) is 0 Å². The van der Waals surface area contributed by atoms with Gasteiger partial charge in [0.25, 0.3) is 0 Å². The third-order valence-corrected chi connectivity index (χ3v) is 8.59. The molecule has 10 nitrogen and oxygen atoms in total. The van der Waals surface area contributed by atoms with Crippen LogP contribution >= 0.6 is 0 Å². The number of carbonyl (C=O) groups is 1. The number of para-hydroxylation sites is 1. The van der Waals surface area contributed by atoms with Crippen molar-refractivity contribution >= 4 is 22.6 Å². The predicted octanol–water partition coefficient (Wildman–Crippen LogP) is 4.25. The van der Waals surface area contributed by atoms with Gasteiger partial charge in [-0.25, -0.2) is 0 Å². The Labute approximate surface area is 259 Å². The van der Waals surface area contributed by atoms with E-state index in [2.05, 4.69) is 82.2 Å². The van der Waals surface area contributed by atoms with E-state index in [1.807, 2.05) is 41.1 Å². The molecular formula is C34H43N7O3. The van der Waals surface area contributed by atoms with Gasteiger partial charge in [0.05, 0.1) is 11.9 Å². The summed E-state index contributed by atoms with van der Waals surface area (Å²) in [4.78, 5) is 20.0. The Morgan fingerprint density at radius 3 is 2.39 bits per heavy atom. The minimum Gasteiger partial charge on any atom is -0.454 e. The van der Waals surface area contributed by atoms with Crippen LogP contribution in [0, 0.1) is 0 Å². The van der Waals surface area contributed by atoms with Gasteiger partial charge in [0.2, 0.25) is 12.7 Å². The van der Waals surface area contributed by atoms with Crippen LogP contribution in [0.4, 0.5) is 5.82 Å². The lowest BCUT2D eigenvalue weighted by Gasteiger charge is -2.35. The fraction of sp³-hybridized carbons (Fsp3) is 0.441. The fourth-order valence-electron chi connectivity index (χ4n) is 6.30. The van der Waals surface area contributed by atoms with Gasteiger partial charge in [-0.3, -0.25) is 19.2 Å². The van der Waals surface area contributed by atoms with E-state index in [1.165, 1.54) is 5.56 Å². The highest BCUT2D eigenvalue weighted by atomic mass is 16.7. The fourth-order valence-corrected chi connectivity index (χ4v) is 6.30. The normalized spacial score (nSPS) is 15.2. The highest BCUT2D eigenvalue weighted by Gasteiger charge is 2.21. The molecule has 1 N–H and O–H groups in total.